The molecule has 1 atom stereocenters. The van der Waals surface area contributed by atoms with Gasteiger partial charge in [0.2, 0.25) is 5.91 Å². The van der Waals surface area contributed by atoms with Crippen molar-refractivity contribution in [2.75, 3.05) is 0 Å². The summed E-state index contributed by atoms with van der Waals surface area (Å²) in [4.78, 5) is 20.3. The van der Waals surface area contributed by atoms with Crippen molar-refractivity contribution in [1.29, 1.82) is 0 Å². The standard InChI is InChI=1S/C20H21N3O/c1-13-5-7-18-16(10-13)17-11-14(6-8-19(17)23-18)20(24)22-12-15-4-2-3-9-21-15/h2-5,7,9-10,14,23H,6,8,11-12H2,1H3,(H,22,24). The molecule has 1 aliphatic carbocycles. The maximum atomic E-state index is 12.6. The van der Waals surface area contributed by atoms with Gasteiger partial charge >= 0.3 is 0 Å². The van der Waals surface area contributed by atoms with Crippen molar-refractivity contribution in [2.24, 2.45) is 5.92 Å². The van der Waals surface area contributed by atoms with Crippen molar-refractivity contribution in [2.45, 2.75) is 32.7 Å². The summed E-state index contributed by atoms with van der Waals surface area (Å²) >= 11 is 0. The molecule has 1 aromatic carbocycles. The Labute approximate surface area is 141 Å². The largest absolute Gasteiger partial charge is 0.358 e. The molecule has 24 heavy (non-hydrogen) atoms. The van der Waals surface area contributed by atoms with Crippen LogP contribution in [-0.2, 0) is 24.2 Å². The van der Waals surface area contributed by atoms with Gasteiger partial charge in [-0.05, 0) is 56.0 Å². The zero-order valence-corrected chi connectivity index (χ0v) is 13.8. The number of nitrogens with zero attached hydrogens (tertiary/aromatic N) is 1. The van der Waals surface area contributed by atoms with E-state index in [0.29, 0.717) is 6.54 Å². The monoisotopic (exact) mass is 319 g/mol. The van der Waals surface area contributed by atoms with Crippen molar-refractivity contribution >= 4 is 16.8 Å². The van der Waals surface area contributed by atoms with Gasteiger partial charge in [-0.2, -0.15) is 0 Å². The molecule has 0 saturated carbocycles. The summed E-state index contributed by atoms with van der Waals surface area (Å²) in [5.41, 5.74) is 5.94. The smallest absolute Gasteiger partial charge is 0.223 e. The summed E-state index contributed by atoms with van der Waals surface area (Å²) in [7, 11) is 0. The number of pyridine rings is 1. The highest BCUT2D eigenvalue weighted by Gasteiger charge is 2.27. The van der Waals surface area contributed by atoms with E-state index in [4.69, 9.17) is 0 Å². The van der Waals surface area contributed by atoms with Crippen LogP contribution in [0.2, 0.25) is 0 Å². The summed E-state index contributed by atoms with van der Waals surface area (Å²) in [6.07, 6.45) is 4.40. The van der Waals surface area contributed by atoms with Gasteiger partial charge in [-0.15, -0.1) is 0 Å². The third kappa shape index (κ3) is 2.80. The Morgan fingerprint density at radius 1 is 1.33 bits per heavy atom. The zero-order chi connectivity index (χ0) is 16.5. The molecule has 0 bridgehead atoms. The molecule has 0 fully saturated rings. The molecule has 1 aliphatic rings. The molecule has 4 heteroatoms. The molecule has 4 nitrogen and oxygen atoms in total. The van der Waals surface area contributed by atoms with Crippen LogP contribution in [-0.4, -0.2) is 15.9 Å². The van der Waals surface area contributed by atoms with Crippen molar-refractivity contribution in [1.82, 2.24) is 15.3 Å². The maximum absolute atomic E-state index is 12.6. The lowest BCUT2D eigenvalue weighted by Gasteiger charge is -2.21. The number of amides is 1. The minimum absolute atomic E-state index is 0.0423. The number of hydrogen-bond donors (Lipinski definition) is 2. The van der Waals surface area contributed by atoms with Gasteiger partial charge in [0.1, 0.15) is 0 Å². The molecular weight excluding hydrogens is 298 g/mol. The van der Waals surface area contributed by atoms with E-state index in [2.05, 4.69) is 40.4 Å². The number of aromatic nitrogens is 2. The number of aromatic amines is 1. The fourth-order valence-corrected chi connectivity index (χ4v) is 3.58. The normalized spacial score (nSPS) is 16.8. The van der Waals surface area contributed by atoms with Gasteiger partial charge in [-0.3, -0.25) is 9.78 Å². The molecule has 2 heterocycles. The summed E-state index contributed by atoms with van der Waals surface area (Å²) in [6.45, 7) is 2.61. The number of nitrogens with one attached hydrogen (secondary N) is 2. The summed E-state index contributed by atoms with van der Waals surface area (Å²) < 4.78 is 0. The molecule has 0 aliphatic heterocycles. The number of fused-ring (bicyclic) bond motifs is 3. The maximum Gasteiger partial charge on any atom is 0.223 e. The first-order valence-electron chi connectivity index (χ1n) is 8.48. The van der Waals surface area contributed by atoms with Crippen molar-refractivity contribution < 1.29 is 4.79 Å². The molecule has 1 unspecified atom stereocenters. The summed E-state index contributed by atoms with van der Waals surface area (Å²) in [5.74, 6) is 0.175. The number of aryl methyl sites for hydroxylation is 2. The Hall–Kier alpha value is -2.62. The molecule has 2 N–H and O–H groups in total. The number of rotatable bonds is 3. The van der Waals surface area contributed by atoms with Crippen molar-refractivity contribution in [3.05, 3.63) is 65.1 Å². The van der Waals surface area contributed by atoms with Gasteiger partial charge in [0, 0.05) is 28.7 Å². The van der Waals surface area contributed by atoms with E-state index in [-0.39, 0.29) is 11.8 Å². The summed E-state index contributed by atoms with van der Waals surface area (Å²) in [5, 5.41) is 4.31. The van der Waals surface area contributed by atoms with Crippen molar-refractivity contribution in [3.63, 3.8) is 0 Å². The van der Waals surface area contributed by atoms with Crippen LogP contribution in [0.3, 0.4) is 0 Å². The van der Waals surface area contributed by atoms with Crippen LogP contribution < -0.4 is 5.32 Å². The van der Waals surface area contributed by atoms with E-state index < -0.39 is 0 Å². The van der Waals surface area contributed by atoms with E-state index >= 15 is 0 Å². The van der Waals surface area contributed by atoms with Gasteiger partial charge in [0.15, 0.2) is 0 Å². The topological polar surface area (TPSA) is 57.8 Å². The third-order valence-electron chi connectivity index (χ3n) is 4.88. The van der Waals surface area contributed by atoms with E-state index in [1.54, 1.807) is 6.20 Å². The molecular formula is C20H21N3O. The second kappa shape index (κ2) is 6.11. The fourth-order valence-electron chi connectivity index (χ4n) is 3.58. The lowest BCUT2D eigenvalue weighted by molar-refractivity contribution is -0.125. The zero-order valence-electron chi connectivity index (χ0n) is 13.8. The number of benzene rings is 1. The minimum atomic E-state index is 0.0423. The first kappa shape index (κ1) is 14.9. The number of carbonyl (C=O) groups is 1. The average molecular weight is 319 g/mol. The highest BCUT2D eigenvalue weighted by atomic mass is 16.1. The second-order valence-corrected chi connectivity index (χ2v) is 6.61. The molecule has 0 radical (unpaired) electrons. The van der Waals surface area contributed by atoms with Gasteiger partial charge in [-0.25, -0.2) is 0 Å². The van der Waals surface area contributed by atoms with E-state index in [0.717, 1.165) is 25.0 Å². The molecule has 2 aromatic heterocycles. The van der Waals surface area contributed by atoms with Crippen LogP contribution in [0.15, 0.2) is 42.6 Å². The lowest BCUT2D eigenvalue weighted by Crippen LogP contribution is -2.33. The van der Waals surface area contributed by atoms with E-state index in [1.807, 2.05) is 18.2 Å². The van der Waals surface area contributed by atoms with Crippen LogP contribution in [0.1, 0.15) is 28.9 Å². The van der Waals surface area contributed by atoms with Crippen LogP contribution in [0.25, 0.3) is 10.9 Å². The number of H-pyrrole nitrogens is 1. The fraction of sp³-hybridized carbons (Fsp3) is 0.300. The van der Waals surface area contributed by atoms with Crippen LogP contribution >= 0.6 is 0 Å². The Balaban J connectivity index is 1.50. The Morgan fingerprint density at radius 2 is 2.25 bits per heavy atom. The van der Waals surface area contributed by atoms with Crippen molar-refractivity contribution in [3.8, 4) is 0 Å². The van der Waals surface area contributed by atoms with Gasteiger partial charge in [0.05, 0.1) is 12.2 Å². The predicted molar refractivity (Wildman–Crippen MR) is 94.6 cm³/mol. The lowest BCUT2D eigenvalue weighted by atomic mass is 9.85. The van der Waals surface area contributed by atoms with Crippen LogP contribution in [0, 0.1) is 12.8 Å². The van der Waals surface area contributed by atoms with Crippen LogP contribution in [0.4, 0.5) is 0 Å². The van der Waals surface area contributed by atoms with Gasteiger partial charge in [0.25, 0.3) is 0 Å². The molecule has 4 rings (SSSR count). The first-order valence-corrected chi connectivity index (χ1v) is 8.48. The number of hydrogen-bond acceptors (Lipinski definition) is 2. The number of carbonyl (C=O) groups excluding carboxylic acids is 1. The van der Waals surface area contributed by atoms with E-state index in [9.17, 15) is 4.79 Å². The molecule has 3 aromatic rings. The third-order valence-corrected chi connectivity index (χ3v) is 4.88. The predicted octanol–water partition coefficient (Wildman–Crippen LogP) is 3.29. The summed E-state index contributed by atoms with van der Waals surface area (Å²) in [6, 6.07) is 12.2. The van der Waals surface area contributed by atoms with Crippen LogP contribution in [0.5, 0.6) is 0 Å². The highest BCUT2D eigenvalue weighted by Crippen LogP contribution is 2.32. The second-order valence-electron chi connectivity index (χ2n) is 6.61. The minimum Gasteiger partial charge on any atom is -0.358 e. The quantitative estimate of drug-likeness (QED) is 0.778. The average Bonchev–Trinajstić information content (AvgIpc) is 2.97. The van der Waals surface area contributed by atoms with Gasteiger partial charge < -0.3 is 10.3 Å². The Bertz CT molecular complexity index is 883. The first-order chi connectivity index (χ1) is 11.7. The SMILES string of the molecule is Cc1ccc2[nH]c3c(c2c1)CC(C(=O)NCc1ccccn1)CC3. The Morgan fingerprint density at radius 3 is 3.08 bits per heavy atom. The Kier molecular flexibility index (Phi) is 3.81. The van der Waals surface area contributed by atoms with E-state index in [1.165, 1.54) is 27.7 Å². The molecule has 122 valence electrons. The van der Waals surface area contributed by atoms with Gasteiger partial charge in [-0.1, -0.05) is 17.7 Å². The molecule has 0 saturated heterocycles. The molecule has 1 amide bonds. The highest BCUT2D eigenvalue weighted by molar-refractivity contribution is 5.87. The molecule has 0 spiro atoms.